The number of pyridine rings is 1. The minimum atomic E-state index is -0.367. The highest BCUT2D eigenvalue weighted by molar-refractivity contribution is 6.33. The second-order valence-corrected chi connectivity index (χ2v) is 4.50. The number of nitrogens with zero attached hydrogens (tertiary/aromatic N) is 2. The Morgan fingerprint density at radius 1 is 1.28 bits per heavy atom. The summed E-state index contributed by atoms with van der Waals surface area (Å²) in [6, 6.07) is 6.17. The van der Waals surface area contributed by atoms with Crippen LogP contribution in [0.25, 0.3) is 22.6 Å². The van der Waals surface area contributed by atoms with E-state index in [2.05, 4.69) is 15.0 Å². The number of rotatable bonds is 1. The average Bonchev–Trinajstić information content (AvgIpc) is 2.71. The minimum absolute atomic E-state index is 0.325. The van der Waals surface area contributed by atoms with Crippen molar-refractivity contribution in [2.24, 2.45) is 0 Å². The lowest BCUT2D eigenvalue weighted by Gasteiger charge is -1.99. The highest BCUT2D eigenvalue weighted by atomic mass is 35.5. The molecule has 0 bridgehead atoms. The molecule has 0 aliphatic rings. The topological polar surface area (TPSA) is 41.6 Å². The quantitative estimate of drug-likeness (QED) is 0.725. The average molecular weight is 262 g/mol. The molecule has 0 spiro atoms. The van der Waals surface area contributed by atoms with Crippen molar-refractivity contribution in [3.63, 3.8) is 0 Å². The Labute approximate surface area is 108 Å². The number of aryl methyl sites for hydroxylation is 1. The van der Waals surface area contributed by atoms with Gasteiger partial charge in [0.05, 0.1) is 10.5 Å². The van der Waals surface area contributed by atoms with Gasteiger partial charge in [-0.1, -0.05) is 11.6 Å². The van der Waals surface area contributed by atoms with Gasteiger partial charge in [0.1, 0.15) is 11.6 Å². The van der Waals surface area contributed by atoms with Gasteiger partial charge in [0.2, 0.25) is 0 Å². The van der Waals surface area contributed by atoms with Crippen LogP contribution in [0.1, 0.15) is 5.56 Å². The number of hydrogen-bond donors (Lipinski definition) is 1. The molecule has 0 fully saturated rings. The Kier molecular flexibility index (Phi) is 2.52. The fourth-order valence-electron chi connectivity index (χ4n) is 1.81. The third-order valence-corrected chi connectivity index (χ3v) is 2.97. The summed E-state index contributed by atoms with van der Waals surface area (Å²) in [5.74, 6) is 0.224. The molecule has 0 unspecified atom stereocenters. The zero-order valence-corrected chi connectivity index (χ0v) is 10.3. The highest BCUT2D eigenvalue weighted by Crippen LogP contribution is 2.27. The van der Waals surface area contributed by atoms with Gasteiger partial charge >= 0.3 is 0 Å². The fourth-order valence-corrected chi connectivity index (χ4v) is 2.07. The first-order valence-corrected chi connectivity index (χ1v) is 5.79. The first-order chi connectivity index (χ1) is 8.63. The van der Waals surface area contributed by atoms with Gasteiger partial charge < -0.3 is 4.98 Å². The molecule has 3 rings (SSSR count). The van der Waals surface area contributed by atoms with E-state index in [9.17, 15) is 4.39 Å². The Morgan fingerprint density at radius 2 is 2.11 bits per heavy atom. The monoisotopic (exact) mass is 261 g/mol. The predicted molar refractivity (Wildman–Crippen MR) is 69.0 cm³/mol. The largest absolute Gasteiger partial charge is 0.337 e. The summed E-state index contributed by atoms with van der Waals surface area (Å²) < 4.78 is 13.0. The Morgan fingerprint density at radius 3 is 2.89 bits per heavy atom. The summed E-state index contributed by atoms with van der Waals surface area (Å²) in [7, 11) is 0. The van der Waals surface area contributed by atoms with E-state index in [1.165, 1.54) is 12.1 Å². The fraction of sp³-hybridized carbons (Fsp3) is 0.0769. The van der Waals surface area contributed by atoms with Gasteiger partial charge in [-0.3, -0.25) is 0 Å². The maximum Gasteiger partial charge on any atom is 0.178 e. The molecule has 0 aliphatic carbocycles. The standard InChI is InChI=1S/C13H9ClFN3/c1-7-4-11-13(16-6-7)18-12(17-11)9-3-2-8(15)5-10(9)14/h2-6H,1H3,(H,16,17,18). The maximum atomic E-state index is 13.0. The molecule has 0 aliphatic heterocycles. The van der Waals surface area contributed by atoms with E-state index in [1.54, 1.807) is 12.3 Å². The second kappa shape index (κ2) is 4.07. The number of nitrogens with one attached hydrogen (secondary N) is 1. The first kappa shape index (κ1) is 11.2. The van der Waals surface area contributed by atoms with Crippen molar-refractivity contribution in [2.45, 2.75) is 6.92 Å². The van der Waals surface area contributed by atoms with E-state index in [4.69, 9.17) is 11.6 Å². The van der Waals surface area contributed by atoms with Crippen LogP contribution in [-0.2, 0) is 0 Å². The second-order valence-electron chi connectivity index (χ2n) is 4.09. The molecule has 2 heterocycles. The van der Waals surface area contributed by atoms with Gasteiger partial charge in [-0.25, -0.2) is 14.4 Å². The number of aromatic amines is 1. The molecule has 0 atom stereocenters. The molecule has 0 saturated carbocycles. The summed E-state index contributed by atoms with van der Waals surface area (Å²) >= 11 is 6.00. The van der Waals surface area contributed by atoms with Gasteiger partial charge in [0, 0.05) is 11.8 Å². The van der Waals surface area contributed by atoms with E-state index in [1.807, 2.05) is 13.0 Å². The molecular weight excluding hydrogens is 253 g/mol. The molecule has 90 valence electrons. The first-order valence-electron chi connectivity index (χ1n) is 5.41. The smallest absolute Gasteiger partial charge is 0.178 e. The normalized spacial score (nSPS) is 11.1. The molecule has 0 amide bonds. The van der Waals surface area contributed by atoms with Crippen LogP contribution in [0.2, 0.25) is 5.02 Å². The molecule has 1 aromatic carbocycles. The number of halogens is 2. The van der Waals surface area contributed by atoms with Crippen LogP contribution in [0, 0.1) is 12.7 Å². The third kappa shape index (κ3) is 1.84. The molecule has 3 aromatic rings. The highest BCUT2D eigenvalue weighted by Gasteiger charge is 2.10. The summed E-state index contributed by atoms with van der Waals surface area (Å²) in [5.41, 5.74) is 3.16. The van der Waals surface area contributed by atoms with Crippen molar-refractivity contribution in [3.05, 3.63) is 46.9 Å². The van der Waals surface area contributed by atoms with Crippen LogP contribution in [0.3, 0.4) is 0 Å². The summed E-state index contributed by atoms with van der Waals surface area (Å²) in [5, 5.41) is 0.325. The van der Waals surface area contributed by atoms with Crippen molar-refractivity contribution in [1.29, 1.82) is 0 Å². The van der Waals surface area contributed by atoms with Crippen LogP contribution in [-0.4, -0.2) is 15.0 Å². The molecule has 0 saturated heterocycles. The maximum absolute atomic E-state index is 13.0. The Bertz CT molecular complexity index is 736. The van der Waals surface area contributed by atoms with Crippen LogP contribution in [0.4, 0.5) is 4.39 Å². The van der Waals surface area contributed by atoms with E-state index in [0.29, 0.717) is 22.1 Å². The zero-order valence-electron chi connectivity index (χ0n) is 9.54. The molecule has 3 nitrogen and oxygen atoms in total. The van der Waals surface area contributed by atoms with Crippen molar-refractivity contribution < 1.29 is 4.39 Å². The molecular formula is C13H9ClFN3. The summed E-state index contributed by atoms with van der Waals surface area (Å²) in [6.45, 7) is 1.96. The van der Waals surface area contributed by atoms with Crippen molar-refractivity contribution >= 4 is 22.8 Å². The summed E-state index contributed by atoms with van der Waals surface area (Å²) in [4.78, 5) is 11.7. The molecule has 18 heavy (non-hydrogen) atoms. The molecule has 2 aromatic heterocycles. The lowest BCUT2D eigenvalue weighted by atomic mass is 10.2. The molecule has 0 radical (unpaired) electrons. The lowest BCUT2D eigenvalue weighted by molar-refractivity contribution is 0.628. The van der Waals surface area contributed by atoms with Gasteiger partial charge in [-0.2, -0.15) is 0 Å². The third-order valence-electron chi connectivity index (χ3n) is 2.66. The number of imidazole rings is 1. The van der Waals surface area contributed by atoms with Gasteiger partial charge in [0.25, 0.3) is 0 Å². The van der Waals surface area contributed by atoms with Crippen molar-refractivity contribution in [2.75, 3.05) is 0 Å². The van der Waals surface area contributed by atoms with Crippen molar-refractivity contribution in [1.82, 2.24) is 15.0 Å². The Balaban J connectivity index is 2.19. The van der Waals surface area contributed by atoms with E-state index in [-0.39, 0.29) is 5.82 Å². The van der Waals surface area contributed by atoms with Crippen molar-refractivity contribution in [3.8, 4) is 11.4 Å². The molecule has 5 heteroatoms. The lowest BCUT2D eigenvalue weighted by Crippen LogP contribution is -1.83. The van der Waals surface area contributed by atoms with Gasteiger partial charge in [-0.05, 0) is 36.8 Å². The predicted octanol–water partition coefficient (Wildman–Crippen LogP) is 3.73. The van der Waals surface area contributed by atoms with Gasteiger partial charge in [0.15, 0.2) is 5.65 Å². The van der Waals surface area contributed by atoms with Gasteiger partial charge in [-0.15, -0.1) is 0 Å². The zero-order chi connectivity index (χ0) is 12.7. The summed E-state index contributed by atoms with van der Waals surface area (Å²) in [6.07, 6.45) is 1.75. The minimum Gasteiger partial charge on any atom is -0.337 e. The van der Waals surface area contributed by atoms with E-state index in [0.717, 1.165) is 11.1 Å². The number of aromatic nitrogens is 3. The number of hydrogen-bond acceptors (Lipinski definition) is 2. The van der Waals surface area contributed by atoms with Crippen LogP contribution in [0.5, 0.6) is 0 Å². The van der Waals surface area contributed by atoms with Crippen LogP contribution >= 0.6 is 11.6 Å². The SMILES string of the molecule is Cc1cnc2nc(-c3ccc(F)cc3Cl)[nH]c2c1. The Hall–Kier alpha value is -1.94. The number of fused-ring (bicyclic) bond motifs is 1. The van der Waals surface area contributed by atoms with Crippen LogP contribution < -0.4 is 0 Å². The van der Waals surface area contributed by atoms with Crippen LogP contribution in [0.15, 0.2) is 30.5 Å². The van der Waals surface area contributed by atoms with E-state index < -0.39 is 0 Å². The number of H-pyrrole nitrogens is 1. The molecule has 1 N–H and O–H groups in total. The van der Waals surface area contributed by atoms with E-state index >= 15 is 0 Å². The number of benzene rings is 1.